The van der Waals surface area contributed by atoms with Gasteiger partial charge in [0.05, 0.1) is 5.75 Å². The lowest BCUT2D eigenvalue weighted by Gasteiger charge is -2.19. The lowest BCUT2D eigenvalue weighted by atomic mass is 9.86. The van der Waals surface area contributed by atoms with Gasteiger partial charge >= 0.3 is 25.7 Å². The van der Waals surface area contributed by atoms with Crippen molar-refractivity contribution in [1.82, 2.24) is 0 Å². The third-order valence-electron chi connectivity index (χ3n) is 3.70. The maximum Gasteiger partial charge on any atom is 0.536 e. The fraction of sp³-hybridized carbons (Fsp3) is 0.733. The highest BCUT2D eigenvalue weighted by molar-refractivity contribution is 7.87. The van der Waals surface area contributed by atoms with E-state index in [-0.39, 0.29) is 23.1 Å². The molecule has 0 aromatic carbocycles. The Labute approximate surface area is 173 Å². The van der Waals surface area contributed by atoms with Gasteiger partial charge in [-0.05, 0) is 19.8 Å². The van der Waals surface area contributed by atoms with E-state index in [0.29, 0.717) is 19.3 Å². The van der Waals surface area contributed by atoms with Gasteiger partial charge in [0.25, 0.3) is 0 Å². The first-order valence-corrected chi connectivity index (χ1v) is 11.7. The van der Waals surface area contributed by atoms with E-state index in [0.717, 1.165) is 19.3 Å². The summed E-state index contributed by atoms with van der Waals surface area (Å²) in [6, 6.07) is 3.30. The first-order valence-electron chi connectivity index (χ1n) is 8.69. The molecule has 1 fully saturated rings. The molecule has 0 atom stereocenters. The minimum absolute atomic E-state index is 0.0621. The number of oxime groups is 2. The molecule has 0 unspecified atom stereocenters. The van der Waals surface area contributed by atoms with Crippen molar-refractivity contribution in [3.05, 3.63) is 0 Å². The van der Waals surface area contributed by atoms with Crippen LogP contribution in [0, 0.1) is 28.6 Å². The van der Waals surface area contributed by atoms with Crippen molar-refractivity contribution in [3.8, 4) is 12.1 Å². The molecule has 0 heterocycles. The highest BCUT2D eigenvalue weighted by Crippen LogP contribution is 2.27. The Morgan fingerprint density at radius 1 is 1.00 bits per heavy atom. The van der Waals surface area contributed by atoms with E-state index in [1.807, 2.05) is 0 Å². The molecular formula is C15H21F3N4O6S2. The Hall–Kier alpha value is -2.39. The van der Waals surface area contributed by atoms with Gasteiger partial charge in [0.1, 0.15) is 12.1 Å². The van der Waals surface area contributed by atoms with E-state index < -0.39 is 25.7 Å². The van der Waals surface area contributed by atoms with Crippen LogP contribution in [0.3, 0.4) is 0 Å². The molecule has 1 aliphatic rings. The van der Waals surface area contributed by atoms with Crippen molar-refractivity contribution in [2.24, 2.45) is 16.2 Å². The third-order valence-corrected chi connectivity index (χ3v) is 5.55. The summed E-state index contributed by atoms with van der Waals surface area (Å²) in [6.07, 6.45) is 4.20. The molecule has 0 aromatic rings. The standard InChI is InChI=1S/C9H11F3N2O3S.C6H10N2O3S/c10-9(11,12)18(15,16)17-14-8(6-13)7-4-2-1-3-5-7;1-3-6(5-7)8-11-12(9,10)4-2/h7H,1-5H2;3-4H2,1-2H3. The Morgan fingerprint density at radius 3 is 1.97 bits per heavy atom. The molecule has 1 aliphatic carbocycles. The van der Waals surface area contributed by atoms with E-state index in [2.05, 4.69) is 18.9 Å². The minimum atomic E-state index is -5.78. The predicted octanol–water partition coefficient (Wildman–Crippen LogP) is 2.95. The van der Waals surface area contributed by atoms with Gasteiger partial charge in [-0.1, -0.05) is 36.5 Å². The van der Waals surface area contributed by atoms with E-state index in [1.54, 1.807) is 19.1 Å². The van der Waals surface area contributed by atoms with Crippen LogP contribution in [0.2, 0.25) is 0 Å². The van der Waals surface area contributed by atoms with Crippen LogP contribution in [0.4, 0.5) is 13.2 Å². The minimum Gasteiger partial charge on any atom is -0.267 e. The predicted molar refractivity (Wildman–Crippen MR) is 99.6 cm³/mol. The number of nitriles is 2. The van der Waals surface area contributed by atoms with Gasteiger partial charge in [-0.3, -0.25) is 8.57 Å². The molecule has 1 rings (SSSR count). The van der Waals surface area contributed by atoms with Crippen molar-refractivity contribution < 1.29 is 38.6 Å². The highest BCUT2D eigenvalue weighted by atomic mass is 32.2. The molecule has 0 saturated heterocycles. The van der Waals surface area contributed by atoms with Crippen molar-refractivity contribution in [2.45, 2.75) is 57.9 Å². The van der Waals surface area contributed by atoms with Gasteiger partial charge in [0, 0.05) is 12.3 Å². The third kappa shape index (κ3) is 9.89. The number of hydrogen-bond acceptors (Lipinski definition) is 10. The Morgan fingerprint density at radius 2 is 1.57 bits per heavy atom. The molecule has 0 aliphatic heterocycles. The fourth-order valence-electron chi connectivity index (χ4n) is 2.01. The molecular weight excluding hydrogens is 453 g/mol. The maximum absolute atomic E-state index is 12.0. The SMILES string of the molecule is CCC(C#N)=NOS(=O)(=O)CC.N#CC(=NOS(=O)(=O)C(F)(F)F)C1CCCCC1. The van der Waals surface area contributed by atoms with Crippen LogP contribution in [0.15, 0.2) is 10.3 Å². The van der Waals surface area contributed by atoms with Crippen molar-refractivity contribution in [3.63, 3.8) is 0 Å². The number of hydrogen-bond donors (Lipinski definition) is 0. The highest BCUT2D eigenvalue weighted by Gasteiger charge is 2.49. The summed E-state index contributed by atoms with van der Waals surface area (Å²) in [5.74, 6) is -0.481. The summed E-state index contributed by atoms with van der Waals surface area (Å²) in [5, 5.41) is 23.1. The van der Waals surface area contributed by atoms with Gasteiger partial charge in [-0.25, -0.2) is 0 Å². The van der Waals surface area contributed by atoms with Crippen molar-refractivity contribution in [2.75, 3.05) is 5.75 Å². The van der Waals surface area contributed by atoms with Gasteiger partial charge in [-0.2, -0.15) is 40.5 Å². The molecule has 0 N–H and O–H groups in total. The summed E-state index contributed by atoms with van der Waals surface area (Å²) in [4.78, 5) is 0. The molecule has 1 saturated carbocycles. The van der Waals surface area contributed by atoms with E-state index in [1.165, 1.54) is 6.92 Å². The summed E-state index contributed by atoms with van der Waals surface area (Å²) < 4.78 is 86.1. The molecule has 10 nitrogen and oxygen atoms in total. The first kappa shape index (κ1) is 27.6. The lowest BCUT2D eigenvalue weighted by Crippen LogP contribution is -2.25. The average Bonchev–Trinajstić information content (AvgIpc) is 2.69. The molecule has 0 spiro atoms. The molecule has 0 bridgehead atoms. The van der Waals surface area contributed by atoms with Crippen LogP contribution < -0.4 is 0 Å². The van der Waals surface area contributed by atoms with Gasteiger partial charge < -0.3 is 0 Å². The van der Waals surface area contributed by atoms with E-state index in [4.69, 9.17) is 10.5 Å². The second kappa shape index (κ2) is 12.3. The van der Waals surface area contributed by atoms with Crippen molar-refractivity contribution >= 4 is 31.7 Å². The number of halogens is 3. The summed E-state index contributed by atoms with van der Waals surface area (Å²) in [6.45, 7) is 3.12. The zero-order valence-electron chi connectivity index (χ0n) is 16.2. The van der Waals surface area contributed by atoms with Crippen LogP contribution in [0.1, 0.15) is 52.4 Å². The van der Waals surface area contributed by atoms with Crippen LogP contribution in [-0.4, -0.2) is 39.5 Å². The zero-order chi connectivity index (χ0) is 23.4. The summed E-state index contributed by atoms with van der Waals surface area (Å²) >= 11 is 0. The zero-order valence-corrected chi connectivity index (χ0v) is 17.8. The summed E-state index contributed by atoms with van der Waals surface area (Å²) in [5.41, 5.74) is -5.78. The molecule has 15 heteroatoms. The topological polar surface area (TPSA) is 159 Å². The lowest BCUT2D eigenvalue weighted by molar-refractivity contribution is -0.0541. The fourth-order valence-corrected chi connectivity index (χ4v) is 2.58. The van der Waals surface area contributed by atoms with Crippen LogP contribution in [0.25, 0.3) is 0 Å². The maximum atomic E-state index is 12.0. The Balaban J connectivity index is 0.000000612. The normalized spacial score (nSPS) is 16.5. The largest absolute Gasteiger partial charge is 0.536 e. The van der Waals surface area contributed by atoms with Gasteiger partial charge in [0.2, 0.25) is 0 Å². The molecule has 0 radical (unpaired) electrons. The molecule has 0 aromatic heterocycles. The second-order valence-electron chi connectivity index (χ2n) is 5.82. The Bertz CT molecular complexity index is 909. The van der Waals surface area contributed by atoms with E-state index >= 15 is 0 Å². The van der Waals surface area contributed by atoms with Gasteiger partial charge in [0.15, 0.2) is 11.4 Å². The second-order valence-corrected chi connectivity index (χ2v) is 9.18. The molecule has 30 heavy (non-hydrogen) atoms. The quantitative estimate of drug-likeness (QED) is 0.309. The number of nitrogens with zero attached hydrogens (tertiary/aromatic N) is 4. The molecule has 170 valence electrons. The smallest absolute Gasteiger partial charge is 0.267 e. The number of rotatable bonds is 7. The average molecular weight is 474 g/mol. The molecule has 0 amide bonds. The first-order chi connectivity index (χ1) is 13.8. The van der Waals surface area contributed by atoms with E-state index in [9.17, 15) is 30.0 Å². The van der Waals surface area contributed by atoms with Crippen molar-refractivity contribution in [1.29, 1.82) is 10.5 Å². The number of alkyl halides is 3. The van der Waals surface area contributed by atoms with Crippen LogP contribution in [0.5, 0.6) is 0 Å². The van der Waals surface area contributed by atoms with Crippen LogP contribution in [-0.2, 0) is 28.8 Å². The van der Waals surface area contributed by atoms with Crippen LogP contribution >= 0.6 is 0 Å². The monoisotopic (exact) mass is 474 g/mol. The Kier molecular flexibility index (Phi) is 11.4. The summed E-state index contributed by atoms with van der Waals surface area (Å²) in [7, 11) is -9.35. The van der Waals surface area contributed by atoms with Gasteiger partial charge in [-0.15, -0.1) is 0 Å².